The second kappa shape index (κ2) is 7.21. The van der Waals surface area contributed by atoms with Crippen molar-refractivity contribution >= 4 is 23.0 Å². The number of hydrogen-bond acceptors (Lipinski definition) is 5. The summed E-state index contributed by atoms with van der Waals surface area (Å²) in [5, 5.41) is 6.24. The highest BCUT2D eigenvalue weighted by Crippen LogP contribution is 2.25. The van der Waals surface area contributed by atoms with E-state index in [1.54, 1.807) is 12.4 Å². The van der Waals surface area contributed by atoms with Crippen molar-refractivity contribution in [3.63, 3.8) is 0 Å². The summed E-state index contributed by atoms with van der Waals surface area (Å²) in [5.74, 6) is -0.125. The van der Waals surface area contributed by atoms with Crippen LogP contribution in [0.15, 0.2) is 48.8 Å². The van der Waals surface area contributed by atoms with E-state index < -0.39 is 6.10 Å². The average molecular weight is 312 g/mol. The maximum atomic E-state index is 12.4. The lowest BCUT2D eigenvalue weighted by Gasteiger charge is -2.29. The van der Waals surface area contributed by atoms with Gasteiger partial charge in [0.15, 0.2) is 0 Å². The van der Waals surface area contributed by atoms with E-state index in [-0.39, 0.29) is 5.91 Å². The fraction of sp³-hybridized carbons (Fsp3) is 0.294. The van der Waals surface area contributed by atoms with Crippen LogP contribution in [0.25, 0.3) is 0 Å². The molecule has 1 aliphatic heterocycles. The third-order valence-electron chi connectivity index (χ3n) is 3.71. The van der Waals surface area contributed by atoms with Crippen LogP contribution in [0.3, 0.4) is 0 Å². The fourth-order valence-electron chi connectivity index (χ4n) is 2.44. The second-order valence-electron chi connectivity index (χ2n) is 5.52. The number of likely N-dealkylation sites (N-methyl/N-ethyl adjacent to an activating group) is 1. The Hall–Kier alpha value is -2.44. The van der Waals surface area contributed by atoms with Crippen molar-refractivity contribution in [3.8, 4) is 0 Å². The van der Waals surface area contributed by atoms with E-state index in [0.29, 0.717) is 13.2 Å². The lowest BCUT2D eigenvalue weighted by atomic mass is 10.2. The van der Waals surface area contributed by atoms with Crippen molar-refractivity contribution in [2.75, 3.05) is 37.4 Å². The number of anilines is 3. The first-order chi connectivity index (χ1) is 11.2. The third kappa shape index (κ3) is 4.06. The van der Waals surface area contributed by atoms with Gasteiger partial charge in [0.1, 0.15) is 6.10 Å². The summed E-state index contributed by atoms with van der Waals surface area (Å²) >= 11 is 0. The Bertz CT molecular complexity index is 663. The van der Waals surface area contributed by atoms with Gasteiger partial charge in [0.05, 0.1) is 18.0 Å². The number of nitrogens with one attached hydrogen (secondary N) is 2. The number of para-hydroxylation sites is 2. The molecule has 2 N–H and O–H groups in total. The summed E-state index contributed by atoms with van der Waals surface area (Å²) in [7, 11) is 1.99. The van der Waals surface area contributed by atoms with E-state index in [1.165, 1.54) is 0 Å². The van der Waals surface area contributed by atoms with Gasteiger partial charge in [0, 0.05) is 31.2 Å². The maximum Gasteiger partial charge on any atom is 0.254 e. The van der Waals surface area contributed by atoms with E-state index in [2.05, 4.69) is 20.5 Å². The molecule has 0 aliphatic carbocycles. The Morgan fingerprint density at radius 2 is 1.96 bits per heavy atom. The Morgan fingerprint density at radius 1 is 1.22 bits per heavy atom. The van der Waals surface area contributed by atoms with Crippen LogP contribution in [0.4, 0.5) is 17.1 Å². The third-order valence-corrected chi connectivity index (χ3v) is 3.71. The van der Waals surface area contributed by atoms with Gasteiger partial charge >= 0.3 is 0 Å². The van der Waals surface area contributed by atoms with Crippen LogP contribution in [-0.4, -0.2) is 48.6 Å². The van der Waals surface area contributed by atoms with E-state index >= 15 is 0 Å². The average Bonchev–Trinajstić information content (AvgIpc) is 2.57. The number of aromatic nitrogens is 1. The summed E-state index contributed by atoms with van der Waals surface area (Å²) in [4.78, 5) is 18.5. The predicted octanol–water partition coefficient (Wildman–Crippen LogP) is 2.09. The molecule has 1 atom stereocenters. The number of carbonyl (C=O) groups is 1. The van der Waals surface area contributed by atoms with Crippen molar-refractivity contribution in [2.45, 2.75) is 6.10 Å². The minimum atomic E-state index is -0.442. The summed E-state index contributed by atoms with van der Waals surface area (Å²) in [6.45, 7) is 2.03. The normalized spacial score (nSPS) is 18.4. The summed E-state index contributed by atoms with van der Waals surface area (Å²) < 4.78 is 5.56. The Kier molecular flexibility index (Phi) is 4.85. The molecule has 1 amide bonds. The molecular weight excluding hydrogens is 292 g/mol. The quantitative estimate of drug-likeness (QED) is 0.905. The Balaban J connectivity index is 1.71. The van der Waals surface area contributed by atoms with Crippen molar-refractivity contribution < 1.29 is 9.53 Å². The minimum Gasteiger partial charge on any atom is -0.366 e. The number of pyridine rings is 1. The second-order valence-corrected chi connectivity index (χ2v) is 5.52. The zero-order chi connectivity index (χ0) is 16.1. The number of ether oxygens (including phenoxy) is 1. The number of nitrogens with zero attached hydrogens (tertiary/aromatic N) is 2. The molecule has 0 spiro atoms. The van der Waals surface area contributed by atoms with Crippen molar-refractivity contribution in [1.29, 1.82) is 0 Å². The molecule has 0 bridgehead atoms. The largest absolute Gasteiger partial charge is 0.366 e. The van der Waals surface area contributed by atoms with E-state index in [4.69, 9.17) is 4.74 Å². The topological polar surface area (TPSA) is 66.5 Å². The molecule has 3 rings (SSSR count). The monoisotopic (exact) mass is 312 g/mol. The van der Waals surface area contributed by atoms with Crippen LogP contribution < -0.4 is 10.6 Å². The van der Waals surface area contributed by atoms with Crippen LogP contribution >= 0.6 is 0 Å². The minimum absolute atomic E-state index is 0.125. The van der Waals surface area contributed by atoms with Gasteiger partial charge in [0.2, 0.25) is 0 Å². The van der Waals surface area contributed by atoms with Crippen molar-refractivity contribution in [3.05, 3.63) is 48.8 Å². The number of hydrogen-bond donors (Lipinski definition) is 2. The SMILES string of the molecule is CN1CCOC(C(=O)Nc2ccccc2Nc2ccncc2)C1. The van der Waals surface area contributed by atoms with Gasteiger partial charge in [-0.3, -0.25) is 9.78 Å². The molecule has 1 fully saturated rings. The molecule has 120 valence electrons. The fourth-order valence-corrected chi connectivity index (χ4v) is 2.44. The summed E-state index contributed by atoms with van der Waals surface area (Å²) in [6, 6.07) is 11.3. The van der Waals surface area contributed by atoms with E-state index in [0.717, 1.165) is 23.6 Å². The van der Waals surface area contributed by atoms with Gasteiger partial charge < -0.3 is 20.3 Å². The van der Waals surface area contributed by atoms with Gasteiger partial charge in [-0.1, -0.05) is 12.1 Å². The highest BCUT2D eigenvalue weighted by molar-refractivity contribution is 5.97. The molecule has 0 radical (unpaired) electrons. The Labute approximate surface area is 135 Å². The van der Waals surface area contributed by atoms with Crippen molar-refractivity contribution in [2.24, 2.45) is 0 Å². The van der Waals surface area contributed by atoms with Gasteiger partial charge in [-0.15, -0.1) is 0 Å². The lowest BCUT2D eigenvalue weighted by Crippen LogP contribution is -2.46. The number of rotatable bonds is 4. The number of carbonyl (C=O) groups excluding carboxylic acids is 1. The van der Waals surface area contributed by atoms with Crippen LogP contribution in [-0.2, 0) is 9.53 Å². The summed E-state index contributed by atoms with van der Waals surface area (Å²) in [5.41, 5.74) is 2.47. The predicted molar refractivity (Wildman–Crippen MR) is 89.8 cm³/mol. The van der Waals surface area contributed by atoms with Crippen molar-refractivity contribution in [1.82, 2.24) is 9.88 Å². The molecule has 1 unspecified atom stereocenters. The zero-order valence-corrected chi connectivity index (χ0v) is 13.0. The first-order valence-electron chi connectivity index (χ1n) is 7.59. The van der Waals surface area contributed by atoms with Gasteiger partial charge in [-0.2, -0.15) is 0 Å². The molecule has 2 aromatic rings. The molecule has 2 heterocycles. The molecule has 1 aromatic carbocycles. The number of morpholine rings is 1. The standard InChI is InChI=1S/C17H20N4O2/c1-21-10-11-23-16(12-21)17(22)20-15-5-3-2-4-14(15)19-13-6-8-18-9-7-13/h2-9,16H,10-12H2,1H3,(H,18,19)(H,20,22). The van der Waals surface area contributed by atoms with E-state index in [1.807, 2.05) is 43.4 Å². The maximum absolute atomic E-state index is 12.4. The molecule has 6 nitrogen and oxygen atoms in total. The molecular formula is C17H20N4O2. The van der Waals surface area contributed by atoms with Gasteiger partial charge in [-0.05, 0) is 31.3 Å². The Morgan fingerprint density at radius 3 is 2.70 bits per heavy atom. The highest BCUT2D eigenvalue weighted by atomic mass is 16.5. The van der Waals surface area contributed by atoms with Crippen LogP contribution in [0.1, 0.15) is 0 Å². The first kappa shape index (κ1) is 15.5. The van der Waals surface area contributed by atoms with Crippen LogP contribution in [0, 0.1) is 0 Å². The molecule has 1 aliphatic rings. The molecule has 6 heteroatoms. The number of benzene rings is 1. The molecule has 23 heavy (non-hydrogen) atoms. The van der Waals surface area contributed by atoms with Gasteiger partial charge in [-0.25, -0.2) is 0 Å². The van der Waals surface area contributed by atoms with Crippen LogP contribution in [0.2, 0.25) is 0 Å². The number of amides is 1. The zero-order valence-electron chi connectivity index (χ0n) is 13.0. The van der Waals surface area contributed by atoms with E-state index in [9.17, 15) is 4.79 Å². The first-order valence-corrected chi connectivity index (χ1v) is 7.59. The summed E-state index contributed by atoms with van der Waals surface area (Å²) in [6.07, 6.45) is 2.99. The molecule has 0 saturated carbocycles. The lowest BCUT2D eigenvalue weighted by molar-refractivity contribution is -0.132. The highest BCUT2D eigenvalue weighted by Gasteiger charge is 2.25. The van der Waals surface area contributed by atoms with Gasteiger partial charge in [0.25, 0.3) is 5.91 Å². The molecule has 1 aromatic heterocycles. The van der Waals surface area contributed by atoms with Crippen LogP contribution in [0.5, 0.6) is 0 Å². The molecule has 1 saturated heterocycles. The smallest absolute Gasteiger partial charge is 0.254 e.